The van der Waals surface area contributed by atoms with Crippen LogP contribution in [0.25, 0.3) is 0 Å². The second-order valence-corrected chi connectivity index (χ2v) is 7.29. The highest BCUT2D eigenvalue weighted by molar-refractivity contribution is 4.83. The van der Waals surface area contributed by atoms with E-state index in [1.807, 2.05) is 0 Å². The average Bonchev–Trinajstić information content (AvgIpc) is 2.29. The van der Waals surface area contributed by atoms with Crippen LogP contribution in [0, 0.1) is 10.8 Å². The molecule has 0 aromatic carbocycles. The zero-order valence-electron chi connectivity index (χ0n) is 13.1. The molecule has 18 heavy (non-hydrogen) atoms. The maximum atomic E-state index is 3.74. The quantitative estimate of drug-likeness (QED) is 0.647. The van der Waals surface area contributed by atoms with Gasteiger partial charge in [-0.15, -0.1) is 0 Å². The van der Waals surface area contributed by atoms with E-state index in [0.717, 1.165) is 0 Å². The fourth-order valence-electron chi connectivity index (χ4n) is 2.85. The molecule has 0 amide bonds. The van der Waals surface area contributed by atoms with Crippen molar-refractivity contribution in [1.29, 1.82) is 0 Å². The maximum Gasteiger partial charge on any atom is 0.000634 e. The third kappa shape index (κ3) is 6.19. The molecule has 0 unspecified atom stereocenters. The Bertz CT molecular complexity index is 217. The minimum atomic E-state index is 0.457. The highest BCUT2D eigenvalue weighted by Crippen LogP contribution is 2.28. The first-order chi connectivity index (χ1) is 8.47. The van der Waals surface area contributed by atoms with Gasteiger partial charge >= 0.3 is 0 Å². The molecular formula is C16H34N2. The summed E-state index contributed by atoms with van der Waals surface area (Å²) in [4.78, 5) is 0. The number of rotatable bonds is 8. The second kappa shape index (κ2) is 7.49. The molecule has 1 fully saturated rings. The number of hydrogen-bond acceptors (Lipinski definition) is 2. The fraction of sp³-hybridized carbons (Fsp3) is 1.00. The molecule has 0 atom stereocenters. The summed E-state index contributed by atoms with van der Waals surface area (Å²) in [5.74, 6) is 0. The summed E-state index contributed by atoms with van der Waals surface area (Å²) < 4.78 is 0. The van der Waals surface area contributed by atoms with Crippen LogP contribution in [-0.2, 0) is 0 Å². The maximum absolute atomic E-state index is 3.74. The molecule has 1 aliphatic rings. The van der Waals surface area contributed by atoms with Crippen LogP contribution in [0.4, 0.5) is 0 Å². The molecule has 2 N–H and O–H groups in total. The number of unbranched alkanes of at least 4 members (excludes halogenated alkanes) is 2. The molecule has 0 saturated carbocycles. The van der Waals surface area contributed by atoms with Gasteiger partial charge in [0.2, 0.25) is 0 Å². The van der Waals surface area contributed by atoms with Crippen molar-refractivity contribution in [2.75, 3.05) is 26.2 Å². The van der Waals surface area contributed by atoms with Crippen molar-refractivity contribution in [3.63, 3.8) is 0 Å². The lowest BCUT2D eigenvalue weighted by atomic mass is 9.80. The van der Waals surface area contributed by atoms with Gasteiger partial charge in [0.05, 0.1) is 0 Å². The first-order valence-corrected chi connectivity index (χ1v) is 7.89. The van der Waals surface area contributed by atoms with Gasteiger partial charge in [0, 0.05) is 13.1 Å². The van der Waals surface area contributed by atoms with Crippen LogP contribution >= 0.6 is 0 Å². The van der Waals surface area contributed by atoms with Gasteiger partial charge in [-0.05, 0) is 43.2 Å². The molecule has 2 nitrogen and oxygen atoms in total. The Balaban J connectivity index is 2.18. The first-order valence-electron chi connectivity index (χ1n) is 7.89. The number of nitrogens with one attached hydrogen (secondary N) is 2. The molecule has 108 valence electrons. The van der Waals surface area contributed by atoms with Gasteiger partial charge in [-0.1, -0.05) is 47.0 Å². The van der Waals surface area contributed by atoms with E-state index in [4.69, 9.17) is 0 Å². The van der Waals surface area contributed by atoms with Gasteiger partial charge in [0.25, 0.3) is 0 Å². The predicted octanol–water partition coefficient (Wildman–Crippen LogP) is 3.57. The van der Waals surface area contributed by atoms with E-state index in [1.54, 1.807) is 0 Å². The van der Waals surface area contributed by atoms with Gasteiger partial charge in [-0.25, -0.2) is 0 Å². The first kappa shape index (κ1) is 16.0. The van der Waals surface area contributed by atoms with E-state index in [2.05, 4.69) is 38.3 Å². The molecule has 0 aromatic rings. The van der Waals surface area contributed by atoms with Crippen LogP contribution in [0.15, 0.2) is 0 Å². The van der Waals surface area contributed by atoms with E-state index in [-0.39, 0.29) is 0 Å². The Hall–Kier alpha value is -0.0800. The molecule has 0 aliphatic carbocycles. The zero-order valence-corrected chi connectivity index (χ0v) is 13.1. The Morgan fingerprint density at radius 2 is 1.83 bits per heavy atom. The van der Waals surface area contributed by atoms with E-state index in [0.29, 0.717) is 10.8 Å². The summed E-state index contributed by atoms with van der Waals surface area (Å²) >= 11 is 0. The lowest BCUT2D eigenvalue weighted by molar-refractivity contribution is 0.203. The summed E-state index contributed by atoms with van der Waals surface area (Å²) in [5, 5.41) is 7.19. The smallest absolute Gasteiger partial charge is 0.000634 e. The Labute approximate surface area is 114 Å². The lowest BCUT2D eigenvalue weighted by Crippen LogP contribution is -2.43. The van der Waals surface area contributed by atoms with Crippen molar-refractivity contribution in [3.05, 3.63) is 0 Å². The minimum absolute atomic E-state index is 0.457. The molecule has 1 saturated heterocycles. The van der Waals surface area contributed by atoms with Crippen LogP contribution in [0.5, 0.6) is 0 Å². The summed E-state index contributed by atoms with van der Waals surface area (Å²) in [6.07, 6.45) is 8.08. The predicted molar refractivity (Wildman–Crippen MR) is 81.0 cm³/mol. The van der Waals surface area contributed by atoms with Gasteiger partial charge < -0.3 is 10.6 Å². The monoisotopic (exact) mass is 254 g/mol. The fourth-order valence-corrected chi connectivity index (χ4v) is 2.85. The van der Waals surface area contributed by atoms with E-state index < -0.39 is 0 Å². The Morgan fingerprint density at radius 3 is 2.44 bits per heavy atom. The zero-order chi connectivity index (χ0) is 13.5. The summed E-state index contributed by atoms with van der Waals surface area (Å²) in [6, 6.07) is 0. The molecule has 0 bridgehead atoms. The van der Waals surface area contributed by atoms with Gasteiger partial charge in [0.1, 0.15) is 0 Å². The third-order valence-electron chi connectivity index (χ3n) is 4.42. The molecule has 1 heterocycles. The summed E-state index contributed by atoms with van der Waals surface area (Å²) in [6.45, 7) is 14.3. The lowest BCUT2D eigenvalue weighted by Gasteiger charge is -2.35. The Morgan fingerprint density at radius 1 is 1.17 bits per heavy atom. The van der Waals surface area contributed by atoms with Gasteiger partial charge in [-0.2, -0.15) is 0 Å². The largest absolute Gasteiger partial charge is 0.317 e. The van der Waals surface area contributed by atoms with Crippen molar-refractivity contribution in [3.8, 4) is 0 Å². The van der Waals surface area contributed by atoms with Crippen LogP contribution in [0.3, 0.4) is 0 Å². The topological polar surface area (TPSA) is 24.1 Å². The van der Waals surface area contributed by atoms with Gasteiger partial charge in [-0.3, -0.25) is 0 Å². The minimum Gasteiger partial charge on any atom is -0.317 e. The molecular weight excluding hydrogens is 220 g/mol. The Kier molecular flexibility index (Phi) is 6.65. The third-order valence-corrected chi connectivity index (χ3v) is 4.42. The number of piperidine rings is 1. The van der Waals surface area contributed by atoms with Crippen LogP contribution < -0.4 is 10.6 Å². The molecule has 1 rings (SSSR count). The van der Waals surface area contributed by atoms with Crippen LogP contribution in [0.1, 0.15) is 66.2 Å². The SMILES string of the molecule is CCCCCC(C)(C)CNCC1(C)CCNCC1. The van der Waals surface area contributed by atoms with Crippen LogP contribution in [-0.4, -0.2) is 26.2 Å². The van der Waals surface area contributed by atoms with Crippen molar-refractivity contribution in [1.82, 2.24) is 10.6 Å². The second-order valence-electron chi connectivity index (χ2n) is 7.29. The molecule has 0 radical (unpaired) electrons. The standard InChI is InChI=1S/C16H34N2/c1-5-6-7-8-15(2,3)13-18-14-16(4)9-11-17-12-10-16/h17-18H,5-14H2,1-4H3. The van der Waals surface area contributed by atoms with Crippen molar-refractivity contribution in [2.24, 2.45) is 10.8 Å². The van der Waals surface area contributed by atoms with Crippen LogP contribution in [0.2, 0.25) is 0 Å². The molecule has 2 heteroatoms. The van der Waals surface area contributed by atoms with E-state index in [1.165, 1.54) is 64.7 Å². The van der Waals surface area contributed by atoms with Crippen molar-refractivity contribution in [2.45, 2.75) is 66.2 Å². The molecule has 0 aromatic heterocycles. The molecule has 1 aliphatic heterocycles. The summed E-state index contributed by atoms with van der Waals surface area (Å²) in [7, 11) is 0. The average molecular weight is 254 g/mol. The van der Waals surface area contributed by atoms with E-state index >= 15 is 0 Å². The van der Waals surface area contributed by atoms with E-state index in [9.17, 15) is 0 Å². The number of hydrogen-bond donors (Lipinski definition) is 2. The normalized spacial score (nSPS) is 20.0. The highest BCUT2D eigenvalue weighted by Gasteiger charge is 2.27. The summed E-state index contributed by atoms with van der Waals surface area (Å²) in [5.41, 5.74) is 0.975. The van der Waals surface area contributed by atoms with Gasteiger partial charge in [0.15, 0.2) is 0 Å². The highest BCUT2D eigenvalue weighted by atomic mass is 14.9. The molecule has 0 spiro atoms. The van der Waals surface area contributed by atoms with Crippen molar-refractivity contribution >= 4 is 0 Å². The van der Waals surface area contributed by atoms with Crippen molar-refractivity contribution < 1.29 is 0 Å².